The van der Waals surface area contributed by atoms with Crippen molar-refractivity contribution < 1.29 is 9.72 Å². The lowest BCUT2D eigenvalue weighted by atomic mass is 10.0. The molecule has 2 aliphatic rings. The molecule has 0 radical (unpaired) electrons. The molecule has 0 bridgehead atoms. The number of amides is 1. The highest BCUT2D eigenvalue weighted by Gasteiger charge is 2.30. The number of rotatable bonds is 4. The van der Waals surface area contributed by atoms with Crippen molar-refractivity contribution in [2.24, 2.45) is 5.92 Å². The van der Waals surface area contributed by atoms with Gasteiger partial charge in [-0.1, -0.05) is 0 Å². The number of nitro benzene ring substituents is 1. The molecule has 1 aromatic rings. The molecule has 0 spiro atoms. The number of carbonyl (C=O) groups excluding carboxylic acids is 1. The zero-order valence-electron chi connectivity index (χ0n) is 11.3. The Morgan fingerprint density at radius 2 is 2.15 bits per heavy atom. The van der Waals surface area contributed by atoms with Crippen molar-refractivity contribution in [1.29, 1.82) is 0 Å². The molecule has 1 fully saturated rings. The molecule has 0 aromatic heterocycles. The Labute approximate surface area is 116 Å². The minimum absolute atomic E-state index is 0.0347. The molecule has 1 atom stereocenters. The molecular weight excluding hydrogens is 258 g/mol. The number of carbonyl (C=O) groups is 1. The van der Waals surface area contributed by atoms with Crippen LogP contribution >= 0.6 is 0 Å². The monoisotopic (exact) mass is 275 g/mol. The van der Waals surface area contributed by atoms with Crippen LogP contribution in [0, 0.1) is 16.0 Å². The second-order valence-corrected chi connectivity index (χ2v) is 5.60. The average molecular weight is 275 g/mol. The van der Waals surface area contributed by atoms with Crippen LogP contribution in [0.5, 0.6) is 0 Å². The molecule has 1 heterocycles. The number of benzene rings is 1. The third-order valence-electron chi connectivity index (χ3n) is 4.03. The molecule has 1 aliphatic heterocycles. The van der Waals surface area contributed by atoms with E-state index in [1.54, 1.807) is 12.1 Å². The van der Waals surface area contributed by atoms with Gasteiger partial charge in [0.2, 0.25) is 5.91 Å². The quantitative estimate of drug-likeness (QED) is 0.653. The van der Waals surface area contributed by atoms with Gasteiger partial charge in [-0.2, -0.15) is 0 Å². The molecule has 1 unspecified atom stereocenters. The summed E-state index contributed by atoms with van der Waals surface area (Å²) >= 11 is 0. The van der Waals surface area contributed by atoms with E-state index in [9.17, 15) is 14.9 Å². The number of fused-ring (bicyclic) bond motifs is 1. The van der Waals surface area contributed by atoms with Gasteiger partial charge in [-0.15, -0.1) is 0 Å². The fourth-order valence-corrected chi connectivity index (χ4v) is 2.64. The molecule has 1 saturated carbocycles. The molecule has 20 heavy (non-hydrogen) atoms. The Balaban J connectivity index is 1.95. The van der Waals surface area contributed by atoms with Crippen LogP contribution in [0.4, 0.5) is 17.1 Å². The van der Waals surface area contributed by atoms with Gasteiger partial charge in [-0.3, -0.25) is 14.9 Å². The first-order chi connectivity index (χ1) is 9.54. The van der Waals surface area contributed by atoms with Crippen LogP contribution < -0.4 is 10.6 Å². The van der Waals surface area contributed by atoms with Crippen LogP contribution in [0.25, 0.3) is 0 Å². The van der Waals surface area contributed by atoms with E-state index in [4.69, 9.17) is 0 Å². The van der Waals surface area contributed by atoms with Gasteiger partial charge in [0.25, 0.3) is 5.69 Å². The molecule has 3 rings (SSSR count). The van der Waals surface area contributed by atoms with E-state index in [-0.39, 0.29) is 22.6 Å². The molecule has 0 saturated heterocycles. The van der Waals surface area contributed by atoms with Crippen LogP contribution in [0.1, 0.15) is 31.7 Å². The maximum Gasteiger partial charge on any atom is 0.292 e. The lowest BCUT2D eigenvalue weighted by molar-refractivity contribution is -0.384. The minimum Gasteiger partial charge on any atom is -0.377 e. The van der Waals surface area contributed by atoms with Gasteiger partial charge >= 0.3 is 0 Å². The number of nitro groups is 1. The maximum absolute atomic E-state index is 11.4. The van der Waals surface area contributed by atoms with E-state index >= 15 is 0 Å². The van der Waals surface area contributed by atoms with E-state index in [0.29, 0.717) is 30.1 Å². The topological polar surface area (TPSA) is 84.3 Å². The second kappa shape index (κ2) is 4.77. The Morgan fingerprint density at radius 3 is 2.80 bits per heavy atom. The summed E-state index contributed by atoms with van der Waals surface area (Å²) in [5, 5.41) is 17.2. The van der Waals surface area contributed by atoms with Crippen molar-refractivity contribution in [3.05, 3.63) is 27.8 Å². The first-order valence-corrected chi connectivity index (χ1v) is 6.92. The average Bonchev–Trinajstić information content (AvgIpc) is 3.21. The Hall–Kier alpha value is -2.11. The molecular formula is C14H17N3O3. The smallest absolute Gasteiger partial charge is 0.292 e. The highest BCUT2D eigenvalue weighted by atomic mass is 16.6. The zero-order valence-corrected chi connectivity index (χ0v) is 11.3. The Morgan fingerprint density at radius 1 is 1.40 bits per heavy atom. The predicted octanol–water partition coefficient (Wildman–Crippen LogP) is 2.69. The Bertz CT molecular complexity index is 581. The van der Waals surface area contributed by atoms with Gasteiger partial charge in [-0.25, -0.2) is 0 Å². The van der Waals surface area contributed by atoms with Crippen LogP contribution in [-0.2, 0) is 11.2 Å². The minimum atomic E-state index is -0.362. The van der Waals surface area contributed by atoms with Crippen LogP contribution in [-0.4, -0.2) is 16.9 Å². The number of hydrogen-bond acceptors (Lipinski definition) is 4. The molecule has 1 aromatic carbocycles. The van der Waals surface area contributed by atoms with Gasteiger partial charge in [0.1, 0.15) is 5.69 Å². The number of hydrogen-bond donors (Lipinski definition) is 2. The van der Waals surface area contributed by atoms with Gasteiger partial charge < -0.3 is 10.6 Å². The summed E-state index contributed by atoms with van der Waals surface area (Å²) in [4.78, 5) is 22.3. The summed E-state index contributed by atoms with van der Waals surface area (Å²) < 4.78 is 0. The SMILES string of the molecule is CC(Nc1cc2c(cc1[N+](=O)[O-])CCC(=O)N2)C1CC1. The van der Waals surface area contributed by atoms with Crippen LogP contribution in [0.15, 0.2) is 12.1 Å². The maximum atomic E-state index is 11.4. The molecule has 1 aliphatic carbocycles. The van der Waals surface area contributed by atoms with E-state index in [2.05, 4.69) is 10.6 Å². The summed E-state index contributed by atoms with van der Waals surface area (Å²) in [5.41, 5.74) is 2.11. The van der Waals surface area contributed by atoms with Crippen LogP contribution in [0.2, 0.25) is 0 Å². The lowest BCUT2D eigenvalue weighted by Crippen LogP contribution is -2.21. The van der Waals surface area contributed by atoms with E-state index in [1.807, 2.05) is 6.92 Å². The summed E-state index contributed by atoms with van der Waals surface area (Å²) in [6.07, 6.45) is 3.28. The highest BCUT2D eigenvalue weighted by molar-refractivity contribution is 5.95. The number of anilines is 2. The zero-order chi connectivity index (χ0) is 14.3. The van der Waals surface area contributed by atoms with Gasteiger partial charge in [0.05, 0.1) is 4.92 Å². The summed E-state index contributed by atoms with van der Waals surface area (Å²) in [5.74, 6) is 0.563. The third-order valence-corrected chi connectivity index (χ3v) is 4.03. The number of nitrogens with one attached hydrogen (secondary N) is 2. The normalized spacial score (nSPS) is 18.9. The number of nitrogens with zero attached hydrogens (tertiary/aromatic N) is 1. The third kappa shape index (κ3) is 2.45. The van der Waals surface area contributed by atoms with Gasteiger partial charge in [0.15, 0.2) is 0 Å². The van der Waals surface area contributed by atoms with Crippen molar-refractivity contribution in [2.45, 2.75) is 38.6 Å². The summed E-state index contributed by atoms with van der Waals surface area (Å²) in [7, 11) is 0. The highest BCUT2D eigenvalue weighted by Crippen LogP contribution is 2.38. The largest absolute Gasteiger partial charge is 0.377 e. The fourth-order valence-electron chi connectivity index (χ4n) is 2.64. The van der Waals surface area contributed by atoms with Crippen molar-refractivity contribution in [2.75, 3.05) is 10.6 Å². The molecule has 6 nitrogen and oxygen atoms in total. The van der Waals surface area contributed by atoms with Crippen molar-refractivity contribution >= 4 is 23.0 Å². The molecule has 2 N–H and O–H groups in total. The standard InChI is InChI=1S/C14H17N3O3/c1-8(9-2-3-9)15-12-7-11-10(4-5-14(18)16-11)6-13(12)17(19)20/h6-9,15H,2-5H2,1H3,(H,16,18). The first kappa shape index (κ1) is 12.9. The van der Waals surface area contributed by atoms with Crippen molar-refractivity contribution in [3.63, 3.8) is 0 Å². The molecule has 1 amide bonds. The van der Waals surface area contributed by atoms with E-state index in [1.165, 1.54) is 12.8 Å². The number of aryl methyl sites for hydroxylation is 1. The van der Waals surface area contributed by atoms with Crippen molar-refractivity contribution in [3.8, 4) is 0 Å². The van der Waals surface area contributed by atoms with Gasteiger partial charge in [0, 0.05) is 24.2 Å². The molecule has 6 heteroatoms. The second-order valence-electron chi connectivity index (χ2n) is 5.60. The Kier molecular flexibility index (Phi) is 3.08. The molecule has 106 valence electrons. The van der Waals surface area contributed by atoms with E-state index in [0.717, 1.165) is 5.56 Å². The van der Waals surface area contributed by atoms with Crippen LogP contribution in [0.3, 0.4) is 0 Å². The fraction of sp³-hybridized carbons (Fsp3) is 0.500. The first-order valence-electron chi connectivity index (χ1n) is 6.92. The predicted molar refractivity (Wildman–Crippen MR) is 75.9 cm³/mol. The van der Waals surface area contributed by atoms with Gasteiger partial charge in [-0.05, 0) is 43.7 Å². The summed E-state index contributed by atoms with van der Waals surface area (Å²) in [6.45, 7) is 2.04. The van der Waals surface area contributed by atoms with E-state index < -0.39 is 0 Å². The lowest BCUT2D eigenvalue weighted by Gasteiger charge is -2.20. The summed E-state index contributed by atoms with van der Waals surface area (Å²) in [6, 6.07) is 3.49. The van der Waals surface area contributed by atoms with Crippen molar-refractivity contribution in [1.82, 2.24) is 0 Å².